The van der Waals surface area contributed by atoms with Crippen LogP contribution in [-0.4, -0.2) is 42.8 Å². The third-order valence-corrected chi connectivity index (χ3v) is 4.91. The van der Waals surface area contributed by atoms with E-state index in [0.717, 1.165) is 54.4 Å². The van der Waals surface area contributed by atoms with Crippen molar-refractivity contribution < 1.29 is 4.74 Å². The first-order valence-electron chi connectivity index (χ1n) is 9.18. The van der Waals surface area contributed by atoms with Crippen molar-refractivity contribution in [3.63, 3.8) is 0 Å². The second kappa shape index (κ2) is 7.67. The van der Waals surface area contributed by atoms with Crippen molar-refractivity contribution in [1.82, 2.24) is 9.97 Å². The number of ether oxygens (including phenoxy) is 1. The summed E-state index contributed by atoms with van der Waals surface area (Å²) in [6.45, 7) is 3.77. The Morgan fingerprint density at radius 3 is 2.52 bits per heavy atom. The van der Waals surface area contributed by atoms with Crippen molar-refractivity contribution in [1.29, 1.82) is 0 Å². The summed E-state index contributed by atoms with van der Waals surface area (Å²) in [7, 11) is 0. The summed E-state index contributed by atoms with van der Waals surface area (Å²) < 4.78 is 5.47. The lowest BCUT2D eigenvalue weighted by Gasteiger charge is -2.28. The van der Waals surface area contributed by atoms with E-state index in [0.29, 0.717) is 19.2 Å². The number of aromatic nitrogens is 2. The Bertz CT molecular complexity index is 858. The topological polar surface area (TPSA) is 93.5 Å². The number of rotatable bonds is 4. The molecule has 0 aliphatic carbocycles. The van der Waals surface area contributed by atoms with Crippen LogP contribution in [0.2, 0.25) is 0 Å². The Morgan fingerprint density at radius 1 is 1.04 bits per heavy atom. The predicted molar refractivity (Wildman–Crippen MR) is 108 cm³/mol. The second-order valence-electron chi connectivity index (χ2n) is 6.49. The summed E-state index contributed by atoms with van der Waals surface area (Å²) in [4.78, 5) is 14.2. The molecule has 2 aliphatic heterocycles. The Morgan fingerprint density at radius 2 is 1.81 bits per heavy atom. The van der Waals surface area contributed by atoms with Crippen LogP contribution in [0, 0.1) is 0 Å². The van der Waals surface area contributed by atoms with E-state index >= 15 is 0 Å². The fourth-order valence-corrected chi connectivity index (χ4v) is 3.56. The molecule has 0 unspecified atom stereocenters. The van der Waals surface area contributed by atoms with Gasteiger partial charge in [0, 0.05) is 42.7 Å². The van der Waals surface area contributed by atoms with Crippen molar-refractivity contribution in [2.24, 2.45) is 11.5 Å². The highest BCUT2D eigenvalue weighted by atomic mass is 16.5. The van der Waals surface area contributed by atoms with Crippen LogP contribution in [0.15, 0.2) is 48.8 Å². The minimum Gasteiger partial charge on any atom is -0.405 e. The number of morpholine rings is 1. The van der Waals surface area contributed by atoms with Gasteiger partial charge in [0.1, 0.15) is 5.82 Å². The van der Waals surface area contributed by atoms with Crippen LogP contribution in [0.1, 0.15) is 11.3 Å². The molecule has 1 aromatic carbocycles. The van der Waals surface area contributed by atoms with Crippen molar-refractivity contribution in [2.75, 3.05) is 42.6 Å². The van der Waals surface area contributed by atoms with Crippen molar-refractivity contribution >= 4 is 23.0 Å². The second-order valence-corrected chi connectivity index (χ2v) is 6.49. The van der Waals surface area contributed by atoms with E-state index < -0.39 is 0 Å². The van der Waals surface area contributed by atoms with E-state index in [1.165, 1.54) is 6.20 Å². The number of nitrogens with two attached hydrogens (primary N) is 2. The molecule has 4 rings (SSSR count). The van der Waals surface area contributed by atoms with Crippen LogP contribution in [0.5, 0.6) is 0 Å². The van der Waals surface area contributed by atoms with E-state index in [1.54, 1.807) is 12.3 Å². The van der Waals surface area contributed by atoms with E-state index in [2.05, 4.69) is 21.9 Å². The van der Waals surface area contributed by atoms with E-state index in [1.807, 2.05) is 18.2 Å². The number of allylic oxidation sites excluding steroid dienone is 2. The Hall–Kier alpha value is -3.06. The van der Waals surface area contributed by atoms with Crippen LogP contribution in [0.3, 0.4) is 0 Å². The number of hydrogen-bond acceptors (Lipinski definition) is 7. The molecule has 2 aromatic rings. The minimum absolute atomic E-state index is 0.681. The molecule has 0 radical (unpaired) electrons. The van der Waals surface area contributed by atoms with Gasteiger partial charge in [-0.25, -0.2) is 4.98 Å². The molecular weight excluding hydrogens is 340 g/mol. The molecule has 1 saturated heterocycles. The minimum atomic E-state index is 0.681. The number of para-hydroxylation sites is 1. The lowest BCUT2D eigenvalue weighted by atomic mass is 10.1. The number of fused-ring (bicyclic) bond motifs is 1. The third-order valence-electron chi connectivity index (χ3n) is 4.91. The van der Waals surface area contributed by atoms with Crippen LogP contribution in [0.25, 0.3) is 5.57 Å². The molecule has 2 aliphatic rings. The molecule has 0 atom stereocenters. The highest BCUT2D eigenvalue weighted by molar-refractivity contribution is 5.80. The van der Waals surface area contributed by atoms with Gasteiger partial charge in [0.25, 0.3) is 0 Å². The van der Waals surface area contributed by atoms with Gasteiger partial charge in [-0.1, -0.05) is 18.2 Å². The zero-order valence-electron chi connectivity index (χ0n) is 15.2. The first kappa shape index (κ1) is 17.4. The molecular formula is C20H24N6O. The number of hydrogen-bond donors (Lipinski definition) is 2. The van der Waals surface area contributed by atoms with Crippen LogP contribution < -0.4 is 21.3 Å². The van der Waals surface area contributed by atoms with Crippen LogP contribution in [0.4, 0.5) is 17.5 Å². The summed E-state index contributed by atoms with van der Waals surface area (Å²) in [6.07, 6.45) is 5.70. The smallest absolute Gasteiger partial charge is 0.228 e. The first-order chi connectivity index (χ1) is 13.3. The zero-order chi connectivity index (χ0) is 18.6. The van der Waals surface area contributed by atoms with Gasteiger partial charge in [-0.2, -0.15) is 4.98 Å². The number of nitrogens with zero attached hydrogens (tertiary/aromatic N) is 4. The van der Waals surface area contributed by atoms with Gasteiger partial charge in [-0.15, -0.1) is 0 Å². The Kier molecular flexibility index (Phi) is 4.93. The Labute approximate surface area is 158 Å². The molecule has 7 heteroatoms. The normalized spacial score (nSPS) is 17.6. The lowest BCUT2D eigenvalue weighted by Crippen LogP contribution is -2.37. The molecule has 3 heterocycles. The summed E-state index contributed by atoms with van der Waals surface area (Å²) in [5, 5.41) is 0. The molecule has 1 fully saturated rings. The molecule has 0 bridgehead atoms. The van der Waals surface area contributed by atoms with Crippen molar-refractivity contribution in [3.05, 3.63) is 60.1 Å². The predicted octanol–water partition coefficient (Wildman–Crippen LogP) is 1.78. The molecule has 0 spiro atoms. The standard InChI is InChI=1S/C20H24N6O/c21-8-6-15(14-22)18-17-7-9-26(16-4-2-1-3-5-16)19(17)24-20(23-18)25-10-12-27-13-11-25/h1-6,8,14H,7,9-13,21-22H2/b8-6-,15-14+. The zero-order valence-corrected chi connectivity index (χ0v) is 15.2. The summed E-state index contributed by atoms with van der Waals surface area (Å²) in [6, 6.07) is 10.3. The number of benzene rings is 1. The fourth-order valence-electron chi connectivity index (χ4n) is 3.56. The maximum atomic E-state index is 5.88. The first-order valence-corrected chi connectivity index (χ1v) is 9.18. The van der Waals surface area contributed by atoms with Gasteiger partial charge in [-0.05, 0) is 30.8 Å². The third kappa shape index (κ3) is 3.33. The quantitative estimate of drug-likeness (QED) is 0.799. The van der Waals surface area contributed by atoms with E-state index in [9.17, 15) is 0 Å². The average molecular weight is 364 g/mol. The van der Waals surface area contributed by atoms with E-state index in [4.69, 9.17) is 26.2 Å². The van der Waals surface area contributed by atoms with Gasteiger partial charge in [0.05, 0.1) is 18.9 Å². The molecule has 1 aromatic heterocycles. The van der Waals surface area contributed by atoms with Crippen molar-refractivity contribution in [3.8, 4) is 0 Å². The van der Waals surface area contributed by atoms with Crippen LogP contribution >= 0.6 is 0 Å². The summed E-state index contributed by atoms with van der Waals surface area (Å²) in [5.41, 5.74) is 15.4. The monoisotopic (exact) mass is 364 g/mol. The summed E-state index contributed by atoms with van der Waals surface area (Å²) in [5.74, 6) is 1.65. The fraction of sp³-hybridized carbons (Fsp3) is 0.300. The molecule has 140 valence electrons. The molecule has 4 N–H and O–H groups in total. The van der Waals surface area contributed by atoms with Gasteiger partial charge < -0.3 is 26.0 Å². The van der Waals surface area contributed by atoms with Crippen molar-refractivity contribution in [2.45, 2.75) is 6.42 Å². The lowest BCUT2D eigenvalue weighted by molar-refractivity contribution is 0.122. The largest absolute Gasteiger partial charge is 0.405 e. The van der Waals surface area contributed by atoms with Gasteiger partial charge in [0.2, 0.25) is 5.95 Å². The average Bonchev–Trinajstić information content (AvgIpc) is 3.17. The highest BCUT2D eigenvalue weighted by Crippen LogP contribution is 2.37. The molecule has 0 saturated carbocycles. The van der Waals surface area contributed by atoms with Gasteiger partial charge >= 0.3 is 0 Å². The Balaban J connectivity index is 1.83. The summed E-state index contributed by atoms with van der Waals surface area (Å²) >= 11 is 0. The van der Waals surface area contributed by atoms with Crippen LogP contribution in [-0.2, 0) is 11.2 Å². The number of anilines is 3. The van der Waals surface area contributed by atoms with Gasteiger partial charge in [0.15, 0.2) is 0 Å². The molecule has 27 heavy (non-hydrogen) atoms. The highest BCUT2D eigenvalue weighted by Gasteiger charge is 2.29. The molecule has 0 amide bonds. The molecule has 7 nitrogen and oxygen atoms in total. The maximum absolute atomic E-state index is 5.88. The SMILES string of the molecule is N/C=C\C(=C/N)c1nc(N2CCOCC2)nc2c1CCN2c1ccccc1. The van der Waals surface area contributed by atoms with Gasteiger partial charge in [-0.3, -0.25) is 0 Å². The maximum Gasteiger partial charge on any atom is 0.228 e. The van der Waals surface area contributed by atoms with E-state index in [-0.39, 0.29) is 0 Å².